The number of ether oxygens (including phenoxy) is 1. The minimum Gasteiger partial charge on any atom is -0.490 e. The van der Waals surface area contributed by atoms with Crippen LogP contribution in [0.2, 0.25) is 0 Å². The average molecular weight is 421 g/mol. The molecule has 0 N–H and O–H groups in total. The number of hydrogen-bond acceptors (Lipinski definition) is 1. The zero-order chi connectivity index (χ0) is 21.3. The van der Waals surface area contributed by atoms with Crippen LogP contribution in [0, 0.1) is 29.4 Å². The van der Waals surface area contributed by atoms with E-state index >= 15 is 0 Å². The highest BCUT2D eigenvalue weighted by Crippen LogP contribution is 2.44. The Balaban J connectivity index is 1.46. The highest BCUT2D eigenvalue weighted by atomic mass is 19.2. The molecule has 0 heterocycles. The summed E-state index contributed by atoms with van der Waals surface area (Å²) in [5.74, 6) is 1.31. The molecule has 30 heavy (non-hydrogen) atoms. The molecule has 0 radical (unpaired) electrons. The maximum atomic E-state index is 14.8. The second kappa shape index (κ2) is 12.1. The molecule has 0 spiro atoms. The molecule has 2 aliphatic rings. The number of unbranched alkanes of at least 4 members (excludes halogenated alkanes) is 5. The predicted molar refractivity (Wildman–Crippen MR) is 121 cm³/mol. The first-order chi connectivity index (χ1) is 14.6. The Hall–Kier alpha value is -1.12. The predicted octanol–water partition coefficient (Wildman–Crippen LogP) is 8.80. The Bertz CT molecular complexity index is 628. The third-order valence-corrected chi connectivity index (χ3v) is 7.77. The van der Waals surface area contributed by atoms with E-state index in [1.54, 1.807) is 12.1 Å². The van der Waals surface area contributed by atoms with E-state index in [0.29, 0.717) is 12.2 Å². The van der Waals surface area contributed by atoms with Crippen molar-refractivity contribution in [1.82, 2.24) is 0 Å². The number of halogens is 2. The first kappa shape index (κ1) is 23.5. The lowest BCUT2D eigenvalue weighted by Gasteiger charge is -2.37. The largest absolute Gasteiger partial charge is 0.490 e. The van der Waals surface area contributed by atoms with E-state index in [0.717, 1.165) is 43.4 Å². The van der Waals surface area contributed by atoms with Gasteiger partial charge in [-0.3, -0.25) is 0 Å². The van der Waals surface area contributed by atoms with Crippen LogP contribution in [-0.2, 0) is 0 Å². The van der Waals surface area contributed by atoms with Gasteiger partial charge in [-0.15, -0.1) is 0 Å². The van der Waals surface area contributed by atoms with E-state index in [9.17, 15) is 8.78 Å². The molecule has 2 fully saturated rings. The average Bonchev–Trinajstić information content (AvgIpc) is 2.77. The van der Waals surface area contributed by atoms with E-state index in [1.807, 2.05) is 0 Å². The van der Waals surface area contributed by atoms with Gasteiger partial charge < -0.3 is 4.74 Å². The van der Waals surface area contributed by atoms with Crippen LogP contribution in [0.1, 0.15) is 115 Å². The summed E-state index contributed by atoms with van der Waals surface area (Å²) in [4.78, 5) is 0. The number of hydrogen-bond donors (Lipinski definition) is 0. The summed E-state index contributed by atoms with van der Waals surface area (Å²) in [7, 11) is 0. The van der Waals surface area contributed by atoms with E-state index in [-0.39, 0.29) is 11.7 Å². The quantitative estimate of drug-likeness (QED) is 0.344. The van der Waals surface area contributed by atoms with Crippen molar-refractivity contribution < 1.29 is 13.5 Å². The van der Waals surface area contributed by atoms with Gasteiger partial charge in [0.2, 0.25) is 5.82 Å². The van der Waals surface area contributed by atoms with Gasteiger partial charge in [-0.25, -0.2) is 4.39 Å². The first-order valence-electron chi connectivity index (χ1n) is 12.7. The first-order valence-corrected chi connectivity index (χ1v) is 12.7. The summed E-state index contributed by atoms with van der Waals surface area (Å²) >= 11 is 0. The van der Waals surface area contributed by atoms with Crippen molar-refractivity contribution in [3.8, 4) is 5.75 Å². The third-order valence-electron chi connectivity index (χ3n) is 7.77. The SMILES string of the molecule is CCCCCCCCOc1ccc(C2CCC(C3CCC(C)CC3)CC2)c(F)c1F. The van der Waals surface area contributed by atoms with Gasteiger partial charge in [-0.05, 0) is 80.2 Å². The van der Waals surface area contributed by atoms with Crippen molar-refractivity contribution in [3.05, 3.63) is 29.3 Å². The highest BCUT2D eigenvalue weighted by Gasteiger charge is 2.32. The molecule has 3 rings (SSSR count). The minimum atomic E-state index is -0.790. The van der Waals surface area contributed by atoms with Crippen molar-refractivity contribution in [2.24, 2.45) is 17.8 Å². The molecule has 0 aromatic heterocycles. The van der Waals surface area contributed by atoms with Crippen molar-refractivity contribution in [2.45, 2.75) is 110 Å². The normalized spacial score (nSPS) is 27.2. The molecule has 3 heteroatoms. The summed E-state index contributed by atoms with van der Waals surface area (Å²) in [6.07, 6.45) is 16.7. The van der Waals surface area contributed by atoms with Gasteiger partial charge in [0.25, 0.3) is 0 Å². The molecule has 170 valence electrons. The molecule has 0 aliphatic heterocycles. The van der Waals surface area contributed by atoms with Gasteiger partial charge in [-0.2, -0.15) is 4.39 Å². The Kier molecular flexibility index (Phi) is 9.46. The molecule has 0 atom stereocenters. The standard InChI is InChI=1S/C27H42F2O/c1-3-4-5-6-7-8-19-30-25-18-17-24(26(28)27(25)29)23-15-13-22(14-16-23)21-11-9-20(2)10-12-21/h17-18,20-23H,3-16,19H2,1-2H3. The van der Waals surface area contributed by atoms with E-state index in [1.165, 1.54) is 64.2 Å². The fourth-order valence-corrected chi connectivity index (χ4v) is 5.70. The van der Waals surface area contributed by atoms with Crippen LogP contribution >= 0.6 is 0 Å². The van der Waals surface area contributed by atoms with Crippen molar-refractivity contribution >= 4 is 0 Å². The molecule has 2 aliphatic carbocycles. The second-order valence-corrected chi connectivity index (χ2v) is 10.0. The molecular formula is C27H42F2O. The second-order valence-electron chi connectivity index (χ2n) is 10.0. The maximum absolute atomic E-state index is 14.8. The lowest BCUT2D eigenvalue weighted by molar-refractivity contribution is 0.164. The molecule has 0 saturated heterocycles. The Morgan fingerprint density at radius 1 is 0.767 bits per heavy atom. The zero-order valence-electron chi connectivity index (χ0n) is 19.2. The van der Waals surface area contributed by atoms with Crippen LogP contribution < -0.4 is 4.74 Å². The van der Waals surface area contributed by atoms with Crippen LogP contribution in [0.15, 0.2) is 12.1 Å². The summed E-state index contributed by atoms with van der Waals surface area (Å²) < 4.78 is 35.0. The van der Waals surface area contributed by atoms with Gasteiger partial charge in [-0.1, -0.05) is 64.9 Å². The zero-order valence-corrected chi connectivity index (χ0v) is 19.2. The summed E-state index contributed by atoms with van der Waals surface area (Å²) in [5, 5.41) is 0. The molecule has 1 aromatic rings. The fourth-order valence-electron chi connectivity index (χ4n) is 5.70. The van der Waals surface area contributed by atoms with Crippen molar-refractivity contribution in [1.29, 1.82) is 0 Å². The lowest BCUT2D eigenvalue weighted by atomic mass is 9.68. The molecule has 0 bridgehead atoms. The molecule has 2 saturated carbocycles. The molecular weight excluding hydrogens is 378 g/mol. The van der Waals surface area contributed by atoms with Crippen LogP contribution in [0.25, 0.3) is 0 Å². The molecule has 1 aromatic carbocycles. The van der Waals surface area contributed by atoms with Gasteiger partial charge in [0, 0.05) is 0 Å². The van der Waals surface area contributed by atoms with Gasteiger partial charge in [0.05, 0.1) is 6.61 Å². The van der Waals surface area contributed by atoms with E-state index in [4.69, 9.17) is 4.74 Å². The topological polar surface area (TPSA) is 9.23 Å². The monoisotopic (exact) mass is 420 g/mol. The van der Waals surface area contributed by atoms with E-state index < -0.39 is 11.6 Å². The van der Waals surface area contributed by atoms with Crippen LogP contribution in [-0.4, -0.2) is 6.61 Å². The maximum Gasteiger partial charge on any atom is 0.200 e. The van der Waals surface area contributed by atoms with Crippen LogP contribution in [0.5, 0.6) is 5.75 Å². The van der Waals surface area contributed by atoms with Crippen molar-refractivity contribution in [3.63, 3.8) is 0 Å². The minimum absolute atomic E-state index is 0.0785. The van der Waals surface area contributed by atoms with Gasteiger partial charge in [0.1, 0.15) is 0 Å². The number of benzene rings is 1. The third kappa shape index (κ3) is 6.44. The Morgan fingerprint density at radius 3 is 2.03 bits per heavy atom. The van der Waals surface area contributed by atoms with Gasteiger partial charge in [0.15, 0.2) is 11.6 Å². The van der Waals surface area contributed by atoms with Gasteiger partial charge >= 0.3 is 0 Å². The summed E-state index contributed by atoms with van der Waals surface area (Å²) in [5.41, 5.74) is 0.565. The lowest BCUT2D eigenvalue weighted by Crippen LogP contribution is -2.25. The van der Waals surface area contributed by atoms with Crippen LogP contribution in [0.4, 0.5) is 8.78 Å². The smallest absolute Gasteiger partial charge is 0.200 e. The number of rotatable bonds is 10. The molecule has 1 nitrogen and oxygen atoms in total. The fraction of sp³-hybridized carbons (Fsp3) is 0.778. The summed E-state index contributed by atoms with van der Waals surface area (Å²) in [6, 6.07) is 3.43. The highest BCUT2D eigenvalue weighted by molar-refractivity contribution is 5.33. The molecule has 0 amide bonds. The Labute approximate surface area is 183 Å². The summed E-state index contributed by atoms with van der Waals surface area (Å²) in [6.45, 7) is 5.03. The Morgan fingerprint density at radius 2 is 1.37 bits per heavy atom. The molecule has 0 unspecified atom stereocenters. The van der Waals surface area contributed by atoms with Crippen LogP contribution in [0.3, 0.4) is 0 Å². The van der Waals surface area contributed by atoms with E-state index in [2.05, 4.69) is 13.8 Å². The van der Waals surface area contributed by atoms with Crippen molar-refractivity contribution in [2.75, 3.05) is 6.61 Å².